The van der Waals surface area contributed by atoms with Crippen molar-refractivity contribution in [2.45, 2.75) is 38.5 Å². The number of benzene rings is 1. The summed E-state index contributed by atoms with van der Waals surface area (Å²) in [4.78, 5) is 33.7. The molecule has 0 amide bonds. The molecule has 1 atom stereocenters. The van der Waals surface area contributed by atoms with E-state index in [2.05, 4.69) is 6.08 Å². The number of halogens is 2. The minimum Gasteiger partial charge on any atom is -0.294 e. The molecule has 3 aliphatic rings. The van der Waals surface area contributed by atoms with Gasteiger partial charge in [-0.15, -0.1) is 0 Å². The zero-order chi connectivity index (χ0) is 19.0. The van der Waals surface area contributed by atoms with Crippen LogP contribution in [-0.2, 0) is 20.9 Å². The van der Waals surface area contributed by atoms with Crippen LogP contribution in [-0.4, -0.2) is 11.8 Å². The van der Waals surface area contributed by atoms with Crippen molar-refractivity contribution in [3.05, 3.63) is 57.1 Å². The van der Waals surface area contributed by atoms with Crippen molar-refractivity contribution in [3.63, 3.8) is 0 Å². The fourth-order valence-corrected chi connectivity index (χ4v) is 4.39. The molecule has 140 valence electrons. The first-order chi connectivity index (χ1) is 13.0. The van der Waals surface area contributed by atoms with Crippen LogP contribution in [0, 0.1) is 5.92 Å². The Kier molecular flexibility index (Phi) is 5.11. The number of allylic oxidation sites excluding steroid dienone is 5. The summed E-state index contributed by atoms with van der Waals surface area (Å²) >= 11 is 12.0. The molecule has 27 heavy (non-hydrogen) atoms. The molecule has 0 N–H and O–H groups in total. The Bertz CT molecular complexity index is 911. The molecule has 0 spiro atoms. The molecule has 0 fully saturated rings. The molecular formula is C21H18Cl2O4. The van der Waals surface area contributed by atoms with Crippen LogP contribution in [0.2, 0.25) is 0 Å². The molecular weight excluding hydrogens is 387 g/mol. The van der Waals surface area contributed by atoms with Crippen molar-refractivity contribution in [1.29, 1.82) is 0 Å². The van der Waals surface area contributed by atoms with Crippen molar-refractivity contribution in [2.75, 3.05) is 0 Å². The fraction of sp³-hybridized carbons (Fsp3) is 0.333. The molecule has 1 aromatic carbocycles. The van der Waals surface area contributed by atoms with Crippen molar-refractivity contribution in [1.82, 2.24) is 0 Å². The van der Waals surface area contributed by atoms with E-state index in [1.54, 1.807) is 6.07 Å². The van der Waals surface area contributed by atoms with Crippen LogP contribution >= 0.6 is 23.2 Å². The Morgan fingerprint density at radius 3 is 2.96 bits per heavy atom. The van der Waals surface area contributed by atoms with E-state index in [1.807, 2.05) is 12.1 Å². The second-order valence-corrected chi connectivity index (χ2v) is 7.89. The number of hydrogen-bond acceptors (Lipinski definition) is 4. The first-order valence-electron chi connectivity index (χ1n) is 9.00. The average Bonchev–Trinajstić information content (AvgIpc) is 3.02. The molecule has 6 heteroatoms. The lowest BCUT2D eigenvalue weighted by atomic mass is 9.88. The third-order valence-corrected chi connectivity index (χ3v) is 6.06. The van der Waals surface area contributed by atoms with Gasteiger partial charge in [-0.1, -0.05) is 35.3 Å². The highest BCUT2D eigenvalue weighted by Gasteiger charge is 2.28. The summed E-state index contributed by atoms with van der Waals surface area (Å²) in [5, 5.41) is 0.462. The van der Waals surface area contributed by atoms with E-state index in [-0.39, 0.29) is 28.7 Å². The van der Waals surface area contributed by atoms with E-state index in [0.717, 1.165) is 12.8 Å². The summed E-state index contributed by atoms with van der Waals surface area (Å²) in [5.41, 5.74) is 4.28. The van der Waals surface area contributed by atoms with E-state index in [4.69, 9.17) is 33.0 Å². The summed E-state index contributed by atoms with van der Waals surface area (Å²) in [6, 6.07) is 5.75. The molecule has 0 aromatic heterocycles. The number of carbonyl (C=O) groups is 2. The highest BCUT2D eigenvalue weighted by molar-refractivity contribution is 6.42. The predicted molar refractivity (Wildman–Crippen MR) is 103 cm³/mol. The van der Waals surface area contributed by atoms with Gasteiger partial charge in [-0.3, -0.25) is 14.6 Å². The smallest absolute Gasteiger partial charge is 0.294 e. The predicted octanol–water partition coefficient (Wildman–Crippen LogP) is 5.24. The van der Waals surface area contributed by atoms with Crippen LogP contribution in [0.3, 0.4) is 0 Å². The monoisotopic (exact) mass is 404 g/mol. The second kappa shape index (κ2) is 7.53. The van der Waals surface area contributed by atoms with Crippen LogP contribution in [0.15, 0.2) is 46.0 Å². The van der Waals surface area contributed by atoms with Gasteiger partial charge in [0.15, 0.2) is 11.5 Å². The topological polar surface area (TPSA) is 52.6 Å². The highest BCUT2D eigenvalue weighted by atomic mass is 35.5. The zero-order valence-electron chi connectivity index (χ0n) is 14.6. The normalized spacial score (nSPS) is 21.3. The minimum atomic E-state index is -0.643. The Labute approximate surface area is 167 Å². The first-order valence-corrected chi connectivity index (χ1v) is 9.75. The average molecular weight is 405 g/mol. The quantitative estimate of drug-likeness (QED) is 0.508. The van der Waals surface area contributed by atoms with E-state index in [0.29, 0.717) is 17.2 Å². The van der Waals surface area contributed by atoms with Crippen LogP contribution in [0.5, 0.6) is 5.75 Å². The van der Waals surface area contributed by atoms with E-state index < -0.39 is 5.97 Å². The molecule has 0 aliphatic heterocycles. The molecule has 4 rings (SSSR count). The Morgan fingerprint density at radius 1 is 1.26 bits per heavy atom. The fourth-order valence-electron chi connectivity index (χ4n) is 3.95. The van der Waals surface area contributed by atoms with Crippen LogP contribution in [0.4, 0.5) is 0 Å². The number of carbonyl (C=O) groups excluding carboxylic acids is 2. The van der Waals surface area contributed by atoms with Gasteiger partial charge in [0.25, 0.3) is 0 Å². The number of hydrogen-bond donors (Lipinski definition) is 0. The first kappa shape index (κ1) is 18.3. The van der Waals surface area contributed by atoms with Crippen LogP contribution in [0.25, 0.3) is 5.57 Å². The van der Waals surface area contributed by atoms with Gasteiger partial charge in [0.05, 0.1) is 11.5 Å². The summed E-state index contributed by atoms with van der Waals surface area (Å²) in [6.07, 6.45) is 8.13. The van der Waals surface area contributed by atoms with Gasteiger partial charge in [-0.25, -0.2) is 4.79 Å². The van der Waals surface area contributed by atoms with Gasteiger partial charge < -0.3 is 0 Å². The van der Waals surface area contributed by atoms with E-state index in [9.17, 15) is 9.59 Å². The molecule has 1 aromatic rings. The third kappa shape index (κ3) is 3.83. The molecule has 0 saturated carbocycles. The lowest BCUT2D eigenvalue weighted by Crippen LogP contribution is -2.12. The van der Waals surface area contributed by atoms with Crippen molar-refractivity contribution in [2.24, 2.45) is 5.92 Å². The largest absolute Gasteiger partial charge is 0.359 e. The second-order valence-electron chi connectivity index (χ2n) is 7.06. The number of rotatable bonds is 4. The minimum absolute atomic E-state index is 0.0575. The lowest BCUT2D eigenvalue weighted by Gasteiger charge is -2.16. The molecule has 3 aliphatic carbocycles. The maximum atomic E-state index is 12.0. The van der Waals surface area contributed by atoms with E-state index in [1.165, 1.54) is 35.6 Å². The van der Waals surface area contributed by atoms with Crippen LogP contribution < -0.4 is 4.89 Å². The SMILES string of the molecule is O=C1C=C(CC(=O)OOc2ccc3c(c2)CC2CCCC=C32)C(Cl)=C(Cl)C1. The van der Waals surface area contributed by atoms with Gasteiger partial charge in [0.2, 0.25) is 0 Å². The third-order valence-electron chi connectivity index (χ3n) is 5.17. The lowest BCUT2D eigenvalue weighted by molar-refractivity contribution is -0.212. The number of fused-ring (bicyclic) bond motifs is 3. The van der Waals surface area contributed by atoms with Crippen molar-refractivity contribution >= 4 is 40.5 Å². The molecule has 0 bridgehead atoms. The number of ketones is 1. The highest BCUT2D eigenvalue weighted by Crippen LogP contribution is 2.43. The summed E-state index contributed by atoms with van der Waals surface area (Å²) in [5.74, 6) is 0.244. The van der Waals surface area contributed by atoms with Gasteiger partial charge >= 0.3 is 5.97 Å². The van der Waals surface area contributed by atoms with Gasteiger partial charge in [-0.2, -0.15) is 0 Å². The van der Waals surface area contributed by atoms with Gasteiger partial charge in [0, 0.05) is 11.5 Å². The molecule has 4 nitrogen and oxygen atoms in total. The van der Waals surface area contributed by atoms with Crippen LogP contribution in [0.1, 0.15) is 43.2 Å². The van der Waals surface area contributed by atoms with Crippen molar-refractivity contribution < 1.29 is 19.4 Å². The molecule has 1 unspecified atom stereocenters. The van der Waals surface area contributed by atoms with Gasteiger partial charge in [0.1, 0.15) is 0 Å². The van der Waals surface area contributed by atoms with Crippen molar-refractivity contribution in [3.8, 4) is 5.75 Å². The maximum Gasteiger partial charge on any atom is 0.359 e. The Hall–Kier alpha value is -2.04. The molecule has 0 saturated heterocycles. The van der Waals surface area contributed by atoms with Gasteiger partial charge in [-0.05, 0) is 72.1 Å². The summed E-state index contributed by atoms with van der Waals surface area (Å²) in [7, 11) is 0. The molecule has 0 heterocycles. The standard InChI is InChI=1S/C21H18Cl2O4/c22-19-11-15(24)8-14(21(19)23)10-20(25)27-26-16-5-6-18-13(9-16)7-12-3-1-2-4-17(12)18/h4-6,8-9,12H,1-3,7,10-11H2. The maximum absolute atomic E-state index is 12.0. The Morgan fingerprint density at radius 2 is 2.11 bits per heavy atom. The van der Waals surface area contributed by atoms with E-state index >= 15 is 0 Å². The summed E-state index contributed by atoms with van der Waals surface area (Å²) in [6.45, 7) is 0. The Balaban J connectivity index is 1.39. The zero-order valence-corrected chi connectivity index (χ0v) is 16.1. The molecule has 0 radical (unpaired) electrons. The summed E-state index contributed by atoms with van der Waals surface area (Å²) < 4.78 is 0.